The van der Waals surface area contributed by atoms with Crippen LogP contribution in [0.15, 0.2) is 12.1 Å². The molecule has 0 spiro atoms. The topological polar surface area (TPSA) is 38.9 Å². The molecule has 1 atom stereocenters. The van der Waals surface area contributed by atoms with Crippen LogP contribution in [0.3, 0.4) is 0 Å². The standard InChI is InChI=1S/C17H30N2/c1-4-5-6-7-8-9-10-11-17(18)16-12-14(2)19-15(3)13-16/h12-13,17H,4-11,18H2,1-3H3. The molecule has 2 N–H and O–H groups in total. The molecule has 0 saturated carbocycles. The minimum absolute atomic E-state index is 0.177. The second-order valence-electron chi connectivity index (χ2n) is 5.70. The van der Waals surface area contributed by atoms with Gasteiger partial charge in [0.05, 0.1) is 0 Å². The van der Waals surface area contributed by atoms with Gasteiger partial charge < -0.3 is 5.73 Å². The van der Waals surface area contributed by atoms with Gasteiger partial charge in [0.25, 0.3) is 0 Å². The molecule has 1 aromatic heterocycles. The number of aryl methyl sites for hydroxylation is 2. The molecule has 0 aliphatic heterocycles. The molecule has 1 unspecified atom stereocenters. The molecule has 0 aliphatic carbocycles. The molecule has 2 nitrogen and oxygen atoms in total. The van der Waals surface area contributed by atoms with Crippen molar-refractivity contribution in [2.75, 3.05) is 0 Å². The fourth-order valence-electron chi connectivity index (χ4n) is 2.57. The summed E-state index contributed by atoms with van der Waals surface area (Å²) in [5.74, 6) is 0. The van der Waals surface area contributed by atoms with Crippen molar-refractivity contribution in [2.24, 2.45) is 5.73 Å². The molecule has 108 valence electrons. The van der Waals surface area contributed by atoms with E-state index in [1.165, 1.54) is 50.5 Å². The van der Waals surface area contributed by atoms with Crippen LogP contribution in [-0.2, 0) is 0 Å². The van der Waals surface area contributed by atoms with Crippen molar-refractivity contribution < 1.29 is 0 Å². The van der Waals surface area contributed by atoms with E-state index in [0.29, 0.717) is 0 Å². The molecule has 0 bridgehead atoms. The van der Waals surface area contributed by atoms with Gasteiger partial charge in [-0.1, -0.05) is 51.9 Å². The number of unbranched alkanes of at least 4 members (excludes halogenated alkanes) is 6. The van der Waals surface area contributed by atoms with Gasteiger partial charge in [-0.05, 0) is 38.0 Å². The predicted octanol–water partition coefficient (Wildman–Crippen LogP) is 4.84. The normalized spacial score (nSPS) is 12.6. The smallest absolute Gasteiger partial charge is 0.0379 e. The first-order chi connectivity index (χ1) is 9.13. The van der Waals surface area contributed by atoms with Crippen LogP contribution in [0.1, 0.15) is 81.3 Å². The van der Waals surface area contributed by atoms with Crippen LogP contribution in [0.2, 0.25) is 0 Å². The second-order valence-corrected chi connectivity index (χ2v) is 5.70. The molecule has 0 radical (unpaired) electrons. The average molecular weight is 262 g/mol. The number of hydrogen-bond donors (Lipinski definition) is 1. The summed E-state index contributed by atoms with van der Waals surface area (Å²) in [7, 11) is 0. The van der Waals surface area contributed by atoms with Crippen LogP contribution in [0.25, 0.3) is 0 Å². The zero-order valence-electron chi connectivity index (χ0n) is 12.9. The van der Waals surface area contributed by atoms with E-state index in [1.807, 2.05) is 13.8 Å². The van der Waals surface area contributed by atoms with Crippen molar-refractivity contribution in [1.82, 2.24) is 4.98 Å². The second kappa shape index (κ2) is 9.08. The number of hydrogen-bond acceptors (Lipinski definition) is 2. The van der Waals surface area contributed by atoms with Gasteiger partial charge in [-0.3, -0.25) is 4.98 Å². The van der Waals surface area contributed by atoms with Crippen LogP contribution in [-0.4, -0.2) is 4.98 Å². The third kappa shape index (κ3) is 6.72. The van der Waals surface area contributed by atoms with Gasteiger partial charge in [-0.25, -0.2) is 0 Å². The Kier molecular flexibility index (Phi) is 7.73. The van der Waals surface area contributed by atoms with Gasteiger partial charge in [0, 0.05) is 17.4 Å². The Morgan fingerprint density at radius 1 is 0.947 bits per heavy atom. The molecule has 0 fully saturated rings. The van der Waals surface area contributed by atoms with Gasteiger partial charge in [-0.15, -0.1) is 0 Å². The highest BCUT2D eigenvalue weighted by Gasteiger charge is 2.07. The number of rotatable bonds is 9. The van der Waals surface area contributed by atoms with Crippen molar-refractivity contribution in [3.8, 4) is 0 Å². The summed E-state index contributed by atoms with van der Waals surface area (Å²) in [5, 5.41) is 0. The Balaban J connectivity index is 2.22. The highest BCUT2D eigenvalue weighted by Crippen LogP contribution is 2.19. The SMILES string of the molecule is CCCCCCCCCC(N)c1cc(C)nc(C)c1. The number of pyridine rings is 1. The Morgan fingerprint density at radius 3 is 2.05 bits per heavy atom. The van der Waals surface area contributed by atoms with Crippen LogP contribution in [0.4, 0.5) is 0 Å². The van der Waals surface area contributed by atoms with E-state index in [-0.39, 0.29) is 6.04 Å². The largest absolute Gasteiger partial charge is 0.324 e. The Hall–Kier alpha value is -0.890. The molecular weight excluding hydrogens is 232 g/mol. The predicted molar refractivity (Wildman–Crippen MR) is 83.2 cm³/mol. The minimum Gasteiger partial charge on any atom is -0.324 e. The Bertz CT molecular complexity index is 340. The van der Waals surface area contributed by atoms with Crippen molar-refractivity contribution in [3.63, 3.8) is 0 Å². The van der Waals surface area contributed by atoms with Gasteiger partial charge in [0.1, 0.15) is 0 Å². The lowest BCUT2D eigenvalue weighted by atomic mass is 10.00. The lowest BCUT2D eigenvalue weighted by Crippen LogP contribution is -2.11. The van der Waals surface area contributed by atoms with Crippen molar-refractivity contribution in [3.05, 3.63) is 29.1 Å². The van der Waals surface area contributed by atoms with E-state index < -0.39 is 0 Å². The summed E-state index contributed by atoms with van der Waals surface area (Å²) in [6, 6.07) is 4.42. The molecule has 2 heteroatoms. The van der Waals surface area contributed by atoms with Gasteiger partial charge in [-0.2, -0.15) is 0 Å². The quantitative estimate of drug-likeness (QED) is 0.647. The van der Waals surface area contributed by atoms with Gasteiger partial charge >= 0.3 is 0 Å². The minimum atomic E-state index is 0.177. The Labute approximate surface area is 118 Å². The van der Waals surface area contributed by atoms with E-state index in [2.05, 4.69) is 24.0 Å². The van der Waals surface area contributed by atoms with E-state index in [0.717, 1.165) is 17.8 Å². The average Bonchev–Trinajstić information content (AvgIpc) is 2.36. The molecule has 19 heavy (non-hydrogen) atoms. The summed E-state index contributed by atoms with van der Waals surface area (Å²) >= 11 is 0. The molecule has 1 rings (SSSR count). The summed E-state index contributed by atoms with van der Waals surface area (Å²) in [5.41, 5.74) is 9.66. The molecular formula is C17H30N2. The monoisotopic (exact) mass is 262 g/mol. The molecule has 1 aromatic rings. The van der Waals surface area contributed by atoms with Crippen molar-refractivity contribution in [1.29, 1.82) is 0 Å². The van der Waals surface area contributed by atoms with Crippen molar-refractivity contribution in [2.45, 2.75) is 78.2 Å². The summed E-state index contributed by atoms with van der Waals surface area (Å²) in [6.45, 7) is 6.34. The first kappa shape index (κ1) is 16.2. The maximum Gasteiger partial charge on any atom is 0.0379 e. The fourth-order valence-corrected chi connectivity index (χ4v) is 2.57. The Morgan fingerprint density at radius 2 is 1.47 bits per heavy atom. The van der Waals surface area contributed by atoms with E-state index >= 15 is 0 Å². The molecule has 1 heterocycles. The van der Waals surface area contributed by atoms with Gasteiger partial charge in [0.2, 0.25) is 0 Å². The summed E-state index contributed by atoms with van der Waals surface area (Å²) in [6.07, 6.45) is 10.5. The van der Waals surface area contributed by atoms with E-state index in [1.54, 1.807) is 0 Å². The lowest BCUT2D eigenvalue weighted by molar-refractivity contribution is 0.540. The first-order valence-electron chi connectivity index (χ1n) is 7.84. The van der Waals surface area contributed by atoms with Crippen LogP contribution >= 0.6 is 0 Å². The van der Waals surface area contributed by atoms with Gasteiger partial charge in [0.15, 0.2) is 0 Å². The molecule has 0 aromatic carbocycles. The fraction of sp³-hybridized carbons (Fsp3) is 0.706. The zero-order chi connectivity index (χ0) is 14.1. The highest BCUT2D eigenvalue weighted by molar-refractivity contribution is 5.23. The zero-order valence-corrected chi connectivity index (χ0v) is 12.9. The van der Waals surface area contributed by atoms with E-state index in [4.69, 9.17) is 5.73 Å². The maximum atomic E-state index is 6.27. The number of nitrogens with two attached hydrogens (primary N) is 1. The molecule has 0 aliphatic rings. The summed E-state index contributed by atoms with van der Waals surface area (Å²) in [4.78, 5) is 4.40. The van der Waals surface area contributed by atoms with Crippen LogP contribution in [0, 0.1) is 13.8 Å². The highest BCUT2D eigenvalue weighted by atomic mass is 14.7. The molecule has 0 amide bonds. The maximum absolute atomic E-state index is 6.27. The van der Waals surface area contributed by atoms with Crippen LogP contribution in [0.5, 0.6) is 0 Å². The first-order valence-corrected chi connectivity index (χ1v) is 7.84. The van der Waals surface area contributed by atoms with Crippen molar-refractivity contribution >= 4 is 0 Å². The summed E-state index contributed by atoms with van der Waals surface area (Å²) < 4.78 is 0. The van der Waals surface area contributed by atoms with E-state index in [9.17, 15) is 0 Å². The van der Waals surface area contributed by atoms with Crippen LogP contribution < -0.4 is 5.73 Å². The number of nitrogens with zero attached hydrogens (tertiary/aromatic N) is 1. The third-order valence-corrected chi connectivity index (χ3v) is 3.65. The lowest BCUT2D eigenvalue weighted by Gasteiger charge is -2.13. The molecule has 0 saturated heterocycles. The third-order valence-electron chi connectivity index (χ3n) is 3.65. The number of aromatic nitrogens is 1.